The van der Waals surface area contributed by atoms with Gasteiger partial charge in [-0.2, -0.15) is 13.2 Å². The molecule has 0 bridgehead atoms. The monoisotopic (exact) mass is 339 g/mol. The van der Waals surface area contributed by atoms with Crippen molar-refractivity contribution >= 4 is 17.7 Å². The summed E-state index contributed by atoms with van der Waals surface area (Å²) < 4.78 is 56.0. The van der Waals surface area contributed by atoms with E-state index in [-0.39, 0.29) is 5.69 Å². The Kier molecular flexibility index (Phi) is 5.23. The molecule has 0 aromatic heterocycles. The van der Waals surface area contributed by atoms with E-state index in [1.165, 1.54) is 19.3 Å². The molecule has 0 saturated heterocycles. The third-order valence-corrected chi connectivity index (χ3v) is 3.08. The van der Waals surface area contributed by atoms with Crippen molar-refractivity contribution in [3.63, 3.8) is 0 Å². The number of benzene rings is 2. The SMILES string of the molecule is COc1ccc(/C=C/C(=O)Nc2ccc(F)c(C(F)(F)F)c2)cc1. The maximum atomic E-state index is 13.2. The van der Waals surface area contributed by atoms with Crippen LogP contribution in [0.3, 0.4) is 0 Å². The number of hydrogen-bond acceptors (Lipinski definition) is 2. The summed E-state index contributed by atoms with van der Waals surface area (Å²) in [5.74, 6) is -1.37. The molecule has 24 heavy (non-hydrogen) atoms. The van der Waals surface area contributed by atoms with E-state index < -0.39 is 23.5 Å². The lowest BCUT2D eigenvalue weighted by Crippen LogP contribution is -2.12. The Morgan fingerprint density at radius 1 is 1.12 bits per heavy atom. The van der Waals surface area contributed by atoms with Gasteiger partial charge in [-0.1, -0.05) is 12.1 Å². The van der Waals surface area contributed by atoms with Crippen LogP contribution >= 0.6 is 0 Å². The lowest BCUT2D eigenvalue weighted by Gasteiger charge is -2.10. The number of carbonyl (C=O) groups is 1. The van der Waals surface area contributed by atoms with Gasteiger partial charge in [-0.3, -0.25) is 4.79 Å². The largest absolute Gasteiger partial charge is 0.497 e. The second-order valence-electron chi connectivity index (χ2n) is 4.79. The van der Waals surface area contributed by atoms with Crippen molar-refractivity contribution in [3.05, 3.63) is 65.5 Å². The summed E-state index contributed by atoms with van der Waals surface area (Å²) in [4.78, 5) is 11.8. The molecule has 0 fully saturated rings. The number of halogens is 4. The van der Waals surface area contributed by atoms with Gasteiger partial charge in [0.15, 0.2) is 0 Å². The van der Waals surface area contributed by atoms with Crippen molar-refractivity contribution < 1.29 is 27.1 Å². The minimum absolute atomic E-state index is 0.145. The molecule has 2 rings (SSSR count). The fourth-order valence-corrected chi connectivity index (χ4v) is 1.89. The van der Waals surface area contributed by atoms with Gasteiger partial charge in [0, 0.05) is 11.8 Å². The average molecular weight is 339 g/mol. The predicted molar refractivity (Wildman–Crippen MR) is 82.1 cm³/mol. The second-order valence-corrected chi connectivity index (χ2v) is 4.79. The first-order chi connectivity index (χ1) is 11.3. The van der Waals surface area contributed by atoms with Gasteiger partial charge in [0.25, 0.3) is 0 Å². The number of amides is 1. The number of ether oxygens (including phenoxy) is 1. The molecule has 0 aliphatic carbocycles. The molecule has 126 valence electrons. The van der Waals surface area contributed by atoms with Crippen molar-refractivity contribution in [2.24, 2.45) is 0 Å². The molecule has 2 aromatic carbocycles. The molecular formula is C17H13F4NO2. The molecule has 1 amide bonds. The molecule has 0 saturated carbocycles. The second kappa shape index (κ2) is 7.16. The summed E-state index contributed by atoms with van der Waals surface area (Å²) in [6, 6.07) is 9.09. The van der Waals surface area contributed by atoms with Crippen LogP contribution in [0, 0.1) is 5.82 Å². The molecule has 0 aliphatic rings. The molecule has 2 aromatic rings. The normalized spacial score (nSPS) is 11.5. The zero-order valence-corrected chi connectivity index (χ0v) is 12.5. The minimum Gasteiger partial charge on any atom is -0.497 e. The Morgan fingerprint density at radius 3 is 2.38 bits per heavy atom. The number of carbonyl (C=O) groups excluding carboxylic acids is 1. The Morgan fingerprint density at radius 2 is 1.79 bits per heavy atom. The van der Waals surface area contributed by atoms with E-state index in [1.54, 1.807) is 24.3 Å². The van der Waals surface area contributed by atoms with Gasteiger partial charge < -0.3 is 10.1 Å². The van der Waals surface area contributed by atoms with Gasteiger partial charge in [0.2, 0.25) is 5.91 Å². The zero-order chi connectivity index (χ0) is 17.7. The molecule has 0 unspecified atom stereocenters. The Bertz CT molecular complexity index is 752. The van der Waals surface area contributed by atoms with E-state index in [0.29, 0.717) is 23.4 Å². The summed E-state index contributed by atoms with van der Waals surface area (Å²) in [6.07, 6.45) is -2.18. The molecule has 0 radical (unpaired) electrons. The molecule has 0 heterocycles. The van der Waals surface area contributed by atoms with Crippen molar-refractivity contribution in [2.75, 3.05) is 12.4 Å². The van der Waals surface area contributed by atoms with Crippen molar-refractivity contribution in [1.82, 2.24) is 0 Å². The highest BCUT2D eigenvalue weighted by atomic mass is 19.4. The van der Waals surface area contributed by atoms with Crippen LogP contribution in [0.15, 0.2) is 48.5 Å². The van der Waals surface area contributed by atoms with Gasteiger partial charge >= 0.3 is 6.18 Å². The lowest BCUT2D eigenvalue weighted by atomic mass is 10.1. The van der Waals surface area contributed by atoms with E-state index in [1.807, 2.05) is 0 Å². The van der Waals surface area contributed by atoms with Gasteiger partial charge in [-0.25, -0.2) is 4.39 Å². The Balaban J connectivity index is 2.08. The summed E-state index contributed by atoms with van der Waals surface area (Å²) in [6.45, 7) is 0. The summed E-state index contributed by atoms with van der Waals surface area (Å²) in [7, 11) is 1.52. The average Bonchev–Trinajstić information content (AvgIpc) is 2.54. The van der Waals surface area contributed by atoms with Gasteiger partial charge in [0.05, 0.1) is 12.7 Å². The zero-order valence-electron chi connectivity index (χ0n) is 12.5. The maximum Gasteiger partial charge on any atom is 0.419 e. The minimum atomic E-state index is -4.83. The van der Waals surface area contributed by atoms with Crippen molar-refractivity contribution in [2.45, 2.75) is 6.18 Å². The van der Waals surface area contributed by atoms with E-state index in [9.17, 15) is 22.4 Å². The van der Waals surface area contributed by atoms with E-state index >= 15 is 0 Å². The number of methoxy groups -OCH3 is 1. The highest BCUT2D eigenvalue weighted by Crippen LogP contribution is 2.32. The smallest absolute Gasteiger partial charge is 0.419 e. The van der Waals surface area contributed by atoms with Crippen LogP contribution in [0.5, 0.6) is 5.75 Å². The predicted octanol–water partition coefficient (Wildman–Crippen LogP) is 4.51. The molecule has 7 heteroatoms. The molecule has 3 nitrogen and oxygen atoms in total. The van der Waals surface area contributed by atoms with Gasteiger partial charge in [-0.15, -0.1) is 0 Å². The number of anilines is 1. The van der Waals surface area contributed by atoms with Gasteiger partial charge in [-0.05, 0) is 42.0 Å². The van der Waals surface area contributed by atoms with Crippen LogP contribution in [0.2, 0.25) is 0 Å². The van der Waals surface area contributed by atoms with Crippen molar-refractivity contribution in [3.8, 4) is 5.75 Å². The topological polar surface area (TPSA) is 38.3 Å². The summed E-state index contributed by atoms with van der Waals surface area (Å²) >= 11 is 0. The van der Waals surface area contributed by atoms with Crippen LogP contribution in [-0.4, -0.2) is 13.0 Å². The summed E-state index contributed by atoms with van der Waals surface area (Å²) in [5, 5.41) is 2.26. The molecule has 0 atom stereocenters. The number of alkyl halides is 3. The maximum absolute atomic E-state index is 13.2. The molecule has 0 aliphatic heterocycles. The van der Waals surface area contributed by atoms with Crippen LogP contribution < -0.4 is 10.1 Å². The van der Waals surface area contributed by atoms with Crippen LogP contribution in [0.25, 0.3) is 6.08 Å². The third-order valence-electron chi connectivity index (χ3n) is 3.08. The molecule has 0 spiro atoms. The molecule has 1 N–H and O–H groups in total. The first-order valence-corrected chi connectivity index (χ1v) is 6.79. The first-order valence-electron chi connectivity index (χ1n) is 6.79. The highest BCUT2D eigenvalue weighted by Gasteiger charge is 2.34. The molecular weight excluding hydrogens is 326 g/mol. The Labute approximate surface area is 135 Å². The number of nitrogens with one attached hydrogen (secondary N) is 1. The Hall–Kier alpha value is -2.83. The van der Waals surface area contributed by atoms with E-state index in [0.717, 1.165) is 6.07 Å². The standard InChI is InChI=1S/C17H13F4NO2/c1-24-13-6-2-11(3-7-13)4-9-16(23)22-12-5-8-15(18)14(10-12)17(19,20)21/h2-10H,1H3,(H,22,23)/b9-4+. The third kappa shape index (κ3) is 4.58. The fourth-order valence-electron chi connectivity index (χ4n) is 1.89. The van der Waals surface area contributed by atoms with Crippen LogP contribution in [-0.2, 0) is 11.0 Å². The lowest BCUT2D eigenvalue weighted by molar-refractivity contribution is -0.140. The number of hydrogen-bond donors (Lipinski definition) is 1. The van der Waals surface area contributed by atoms with E-state index in [4.69, 9.17) is 4.74 Å². The van der Waals surface area contributed by atoms with E-state index in [2.05, 4.69) is 5.32 Å². The highest BCUT2D eigenvalue weighted by molar-refractivity contribution is 6.01. The fraction of sp³-hybridized carbons (Fsp3) is 0.118. The van der Waals surface area contributed by atoms with Gasteiger partial charge in [0.1, 0.15) is 11.6 Å². The first kappa shape index (κ1) is 17.5. The number of rotatable bonds is 4. The van der Waals surface area contributed by atoms with Crippen molar-refractivity contribution in [1.29, 1.82) is 0 Å². The quantitative estimate of drug-likeness (QED) is 0.658. The van der Waals surface area contributed by atoms with Crippen LogP contribution in [0.4, 0.5) is 23.2 Å². The van der Waals surface area contributed by atoms with Crippen LogP contribution in [0.1, 0.15) is 11.1 Å². The summed E-state index contributed by atoms with van der Waals surface area (Å²) in [5.41, 5.74) is -0.867.